The van der Waals surface area contributed by atoms with Crippen LogP contribution in [0.2, 0.25) is 10.0 Å². The highest BCUT2D eigenvalue weighted by atomic mass is 35.5. The Morgan fingerprint density at radius 1 is 1.08 bits per heavy atom. The number of ether oxygens (including phenoxy) is 3. The summed E-state index contributed by atoms with van der Waals surface area (Å²) in [7, 11) is 3.07. The second-order valence-electron chi connectivity index (χ2n) is 5.05. The van der Waals surface area contributed by atoms with Crippen LogP contribution in [-0.2, 0) is 9.53 Å². The van der Waals surface area contributed by atoms with Gasteiger partial charge in [-0.25, -0.2) is 9.79 Å². The predicted octanol–water partition coefficient (Wildman–Crippen LogP) is 4.36. The van der Waals surface area contributed by atoms with Gasteiger partial charge in [-0.3, -0.25) is 0 Å². The van der Waals surface area contributed by atoms with Crippen LogP contribution >= 0.6 is 23.2 Å². The van der Waals surface area contributed by atoms with E-state index in [0.717, 1.165) is 0 Å². The van der Waals surface area contributed by atoms with Gasteiger partial charge in [0.2, 0.25) is 5.90 Å². The molecule has 1 aliphatic rings. The molecular weight excluding hydrogens is 365 g/mol. The fourth-order valence-electron chi connectivity index (χ4n) is 2.33. The Hall–Kier alpha value is -2.50. The van der Waals surface area contributed by atoms with Crippen molar-refractivity contribution in [2.45, 2.75) is 0 Å². The molecule has 2 aromatic carbocycles. The normalized spacial score (nSPS) is 15.1. The number of para-hydroxylation sites is 1. The molecule has 128 valence electrons. The highest BCUT2D eigenvalue weighted by Gasteiger charge is 2.25. The van der Waals surface area contributed by atoms with Crippen LogP contribution in [-0.4, -0.2) is 26.1 Å². The second-order valence-corrected chi connectivity index (χ2v) is 5.86. The highest BCUT2D eigenvalue weighted by Crippen LogP contribution is 2.33. The molecule has 1 heterocycles. The fraction of sp³-hybridized carbons (Fsp3) is 0.111. The Morgan fingerprint density at radius 3 is 2.56 bits per heavy atom. The fourth-order valence-corrected chi connectivity index (χ4v) is 2.63. The van der Waals surface area contributed by atoms with Gasteiger partial charge in [0.15, 0.2) is 17.2 Å². The SMILES string of the molecule is COc1cccc(C=C2N=C(c3ccc(Cl)c(Cl)c3)OC2=O)c1OC. The number of esters is 1. The van der Waals surface area contributed by atoms with E-state index in [4.69, 9.17) is 37.4 Å². The first kappa shape index (κ1) is 17.3. The number of methoxy groups -OCH3 is 2. The maximum Gasteiger partial charge on any atom is 0.363 e. The van der Waals surface area contributed by atoms with Crippen LogP contribution in [0.15, 0.2) is 47.1 Å². The average molecular weight is 378 g/mol. The van der Waals surface area contributed by atoms with Crippen molar-refractivity contribution in [2.24, 2.45) is 4.99 Å². The third-order valence-corrected chi connectivity index (χ3v) is 4.25. The van der Waals surface area contributed by atoms with Crippen molar-refractivity contribution >= 4 is 41.1 Å². The number of nitrogens with zero attached hydrogens (tertiary/aromatic N) is 1. The number of hydrogen-bond donors (Lipinski definition) is 0. The molecule has 25 heavy (non-hydrogen) atoms. The summed E-state index contributed by atoms with van der Waals surface area (Å²) in [4.78, 5) is 16.4. The van der Waals surface area contributed by atoms with Crippen LogP contribution in [0.25, 0.3) is 6.08 Å². The van der Waals surface area contributed by atoms with Gasteiger partial charge in [-0.1, -0.05) is 35.3 Å². The van der Waals surface area contributed by atoms with Gasteiger partial charge < -0.3 is 14.2 Å². The third-order valence-electron chi connectivity index (χ3n) is 3.51. The molecule has 3 rings (SSSR count). The molecule has 0 bridgehead atoms. The molecule has 5 nitrogen and oxygen atoms in total. The molecule has 2 aromatic rings. The standard InChI is InChI=1S/C18H13Cl2NO4/c1-23-15-5-3-4-10(16(15)24-2)9-14-18(22)25-17(21-14)11-6-7-12(19)13(20)8-11/h3-9H,1-2H3. The molecule has 0 unspecified atom stereocenters. The van der Waals surface area contributed by atoms with E-state index < -0.39 is 5.97 Å². The summed E-state index contributed by atoms with van der Waals surface area (Å²) in [5.41, 5.74) is 1.35. The Morgan fingerprint density at radius 2 is 1.88 bits per heavy atom. The van der Waals surface area contributed by atoms with Gasteiger partial charge >= 0.3 is 5.97 Å². The van der Waals surface area contributed by atoms with E-state index >= 15 is 0 Å². The lowest BCUT2D eigenvalue weighted by molar-refractivity contribution is -0.129. The monoisotopic (exact) mass is 377 g/mol. The number of halogens is 2. The number of rotatable bonds is 4. The van der Waals surface area contributed by atoms with Crippen LogP contribution in [0.4, 0.5) is 0 Å². The average Bonchev–Trinajstić information content (AvgIpc) is 2.97. The van der Waals surface area contributed by atoms with Crippen molar-refractivity contribution in [3.63, 3.8) is 0 Å². The van der Waals surface area contributed by atoms with E-state index in [1.165, 1.54) is 7.11 Å². The van der Waals surface area contributed by atoms with Gasteiger partial charge in [-0.2, -0.15) is 0 Å². The number of hydrogen-bond acceptors (Lipinski definition) is 5. The van der Waals surface area contributed by atoms with Crippen molar-refractivity contribution in [3.05, 3.63) is 63.3 Å². The van der Waals surface area contributed by atoms with Crippen LogP contribution < -0.4 is 9.47 Å². The quantitative estimate of drug-likeness (QED) is 0.586. The van der Waals surface area contributed by atoms with E-state index in [9.17, 15) is 4.79 Å². The second kappa shape index (κ2) is 7.17. The van der Waals surface area contributed by atoms with E-state index in [0.29, 0.717) is 32.7 Å². The topological polar surface area (TPSA) is 57.1 Å². The molecule has 0 N–H and O–H groups in total. The Labute approximate surface area is 154 Å². The van der Waals surface area contributed by atoms with Crippen LogP contribution in [0.1, 0.15) is 11.1 Å². The van der Waals surface area contributed by atoms with Crippen molar-refractivity contribution in [3.8, 4) is 11.5 Å². The molecule has 7 heteroatoms. The first-order valence-electron chi connectivity index (χ1n) is 7.22. The van der Waals surface area contributed by atoms with Crippen LogP contribution in [0.3, 0.4) is 0 Å². The molecular formula is C18H13Cl2NO4. The van der Waals surface area contributed by atoms with Gasteiger partial charge in [0.1, 0.15) is 0 Å². The molecule has 0 aromatic heterocycles. The Bertz CT molecular complexity index is 906. The van der Waals surface area contributed by atoms with Crippen molar-refractivity contribution in [2.75, 3.05) is 14.2 Å². The summed E-state index contributed by atoms with van der Waals surface area (Å²) in [5, 5.41) is 0.761. The van der Waals surface area contributed by atoms with Crippen LogP contribution in [0.5, 0.6) is 11.5 Å². The number of carbonyl (C=O) groups is 1. The largest absolute Gasteiger partial charge is 0.493 e. The van der Waals surface area contributed by atoms with Gasteiger partial charge in [0.25, 0.3) is 0 Å². The van der Waals surface area contributed by atoms with Crippen molar-refractivity contribution < 1.29 is 19.0 Å². The molecule has 0 spiro atoms. The molecule has 0 radical (unpaired) electrons. The van der Waals surface area contributed by atoms with Crippen LogP contribution in [0, 0.1) is 0 Å². The lowest BCUT2D eigenvalue weighted by atomic mass is 10.1. The van der Waals surface area contributed by atoms with Crippen molar-refractivity contribution in [1.82, 2.24) is 0 Å². The van der Waals surface area contributed by atoms with E-state index in [-0.39, 0.29) is 11.6 Å². The minimum atomic E-state index is -0.564. The van der Waals surface area contributed by atoms with E-state index in [2.05, 4.69) is 4.99 Å². The number of carbonyl (C=O) groups excluding carboxylic acids is 1. The summed E-state index contributed by atoms with van der Waals surface area (Å²) >= 11 is 11.9. The molecule has 0 aliphatic carbocycles. The third kappa shape index (κ3) is 3.48. The first-order valence-corrected chi connectivity index (χ1v) is 7.98. The van der Waals surface area contributed by atoms with E-state index in [1.807, 2.05) is 0 Å². The molecule has 0 saturated carbocycles. The maximum absolute atomic E-state index is 12.1. The number of cyclic esters (lactones) is 1. The molecule has 0 fully saturated rings. The first-order chi connectivity index (χ1) is 12.0. The summed E-state index contributed by atoms with van der Waals surface area (Å²) < 4.78 is 15.8. The molecule has 1 aliphatic heterocycles. The smallest absolute Gasteiger partial charge is 0.363 e. The Kier molecular flexibility index (Phi) is 4.97. The summed E-state index contributed by atoms with van der Waals surface area (Å²) in [6.07, 6.45) is 1.58. The molecule has 0 atom stereocenters. The zero-order valence-corrected chi connectivity index (χ0v) is 14.9. The molecule has 0 saturated heterocycles. The summed E-state index contributed by atoms with van der Waals surface area (Å²) in [5.74, 6) is 0.656. The van der Waals surface area contributed by atoms with E-state index in [1.54, 1.807) is 49.6 Å². The predicted molar refractivity (Wildman–Crippen MR) is 96.6 cm³/mol. The van der Waals surface area contributed by atoms with Crippen molar-refractivity contribution in [1.29, 1.82) is 0 Å². The Balaban J connectivity index is 2.00. The molecule has 0 amide bonds. The highest BCUT2D eigenvalue weighted by molar-refractivity contribution is 6.42. The maximum atomic E-state index is 12.1. The number of aliphatic imine (C=N–C) groups is 1. The zero-order chi connectivity index (χ0) is 18.0. The number of benzene rings is 2. The minimum absolute atomic E-state index is 0.146. The lowest BCUT2D eigenvalue weighted by Crippen LogP contribution is -2.05. The van der Waals surface area contributed by atoms with Gasteiger partial charge in [-0.05, 0) is 30.3 Å². The summed E-state index contributed by atoms with van der Waals surface area (Å²) in [6, 6.07) is 10.2. The zero-order valence-electron chi connectivity index (χ0n) is 13.4. The van der Waals surface area contributed by atoms with Gasteiger partial charge in [0, 0.05) is 11.1 Å². The summed E-state index contributed by atoms with van der Waals surface area (Å²) in [6.45, 7) is 0. The minimum Gasteiger partial charge on any atom is -0.493 e. The lowest BCUT2D eigenvalue weighted by Gasteiger charge is -2.09. The van der Waals surface area contributed by atoms with Gasteiger partial charge in [0.05, 0.1) is 24.3 Å². The van der Waals surface area contributed by atoms with Gasteiger partial charge in [-0.15, -0.1) is 0 Å².